The van der Waals surface area contributed by atoms with Crippen molar-refractivity contribution >= 4 is 0 Å². The van der Waals surface area contributed by atoms with Crippen molar-refractivity contribution in [3.8, 4) is 11.5 Å². The molecule has 3 heteroatoms. The van der Waals surface area contributed by atoms with E-state index in [0.717, 1.165) is 0 Å². The Balaban J connectivity index is 2.23. The van der Waals surface area contributed by atoms with Crippen LogP contribution in [-0.4, -0.2) is 22.9 Å². The van der Waals surface area contributed by atoms with Gasteiger partial charge < -0.3 is 14.9 Å². The third-order valence-electron chi connectivity index (χ3n) is 1.77. The highest BCUT2D eigenvalue weighted by atomic mass is 16.6. The lowest BCUT2D eigenvalue weighted by molar-refractivity contribution is 0.398. The normalized spacial score (nSPS) is 20.8. The van der Waals surface area contributed by atoms with Crippen LogP contribution in [0.1, 0.15) is 5.56 Å². The summed E-state index contributed by atoms with van der Waals surface area (Å²) in [5.74, 6) is -0.169. The summed E-state index contributed by atoms with van der Waals surface area (Å²) in [7, 11) is 0. The van der Waals surface area contributed by atoms with Gasteiger partial charge in [-0.15, -0.1) is 0 Å². The van der Waals surface area contributed by atoms with E-state index in [9.17, 15) is 5.11 Å². The van der Waals surface area contributed by atoms with Crippen LogP contribution < -0.4 is 0 Å². The summed E-state index contributed by atoms with van der Waals surface area (Å²) in [4.78, 5) is 0. The summed E-state index contributed by atoms with van der Waals surface area (Å²) in [6.07, 6.45) is 1.90. The van der Waals surface area contributed by atoms with E-state index in [-0.39, 0.29) is 17.6 Å². The molecule has 1 aliphatic rings. The van der Waals surface area contributed by atoms with E-state index in [0.29, 0.717) is 12.2 Å². The maximum Gasteiger partial charge on any atom is 0.161 e. The van der Waals surface area contributed by atoms with Crippen molar-refractivity contribution in [3.05, 3.63) is 30.2 Å². The van der Waals surface area contributed by atoms with Crippen LogP contribution in [0.15, 0.2) is 18.2 Å². The molecule has 1 atom stereocenters. The van der Waals surface area contributed by atoms with Crippen molar-refractivity contribution in [2.45, 2.75) is 6.10 Å². The van der Waals surface area contributed by atoms with Crippen LogP contribution >= 0.6 is 0 Å². The monoisotopic (exact) mass is 165 g/mol. The van der Waals surface area contributed by atoms with Crippen LogP contribution in [0, 0.1) is 6.42 Å². The number of benzene rings is 1. The van der Waals surface area contributed by atoms with Gasteiger partial charge in [-0.25, -0.2) is 0 Å². The lowest BCUT2D eigenvalue weighted by atomic mass is 10.1. The molecule has 63 valence electrons. The first-order chi connectivity index (χ1) is 5.77. The first-order valence-electron chi connectivity index (χ1n) is 3.75. The third-order valence-corrected chi connectivity index (χ3v) is 1.77. The molecule has 1 aromatic rings. The van der Waals surface area contributed by atoms with E-state index >= 15 is 0 Å². The average Bonchev–Trinajstić information content (AvgIpc) is 2.83. The minimum atomic E-state index is -0.0931. The SMILES string of the molecule is Oc1cccc([CH]C2CO2)c1O. The predicted octanol–water partition coefficient (Wildman–Crippen LogP) is 1.05. The van der Waals surface area contributed by atoms with Crippen LogP contribution in [0.25, 0.3) is 0 Å². The Labute approximate surface area is 70.2 Å². The molecule has 0 spiro atoms. The number of hydrogen-bond donors (Lipinski definition) is 2. The van der Waals surface area contributed by atoms with E-state index in [2.05, 4.69) is 0 Å². The van der Waals surface area contributed by atoms with E-state index in [4.69, 9.17) is 9.84 Å². The summed E-state index contributed by atoms with van der Waals surface area (Å²) >= 11 is 0. The molecule has 1 unspecified atom stereocenters. The topological polar surface area (TPSA) is 53.0 Å². The number of aromatic hydroxyl groups is 2. The average molecular weight is 165 g/mol. The molecule has 1 radical (unpaired) electrons. The Morgan fingerprint density at radius 1 is 1.42 bits per heavy atom. The molecule has 1 aromatic carbocycles. The van der Waals surface area contributed by atoms with Gasteiger partial charge >= 0.3 is 0 Å². The Hall–Kier alpha value is -1.22. The zero-order valence-corrected chi connectivity index (χ0v) is 6.40. The zero-order valence-electron chi connectivity index (χ0n) is 6.40. The Morgan fingerprint density at radius 3 is 2.83 bits per heavy atom. The quantitative estimate of drug-likeness (QED) is 0.508. The number of epoxide rings is 1. The second kappa shape index (κ2) is 2.68. The largest absolute Gasteiger partial charge is 0.504 e. The molecule has 1 fully saturated rings. The molecule has 0 aliphatic carbocycles. The van der Waals surface area contributed by atoms with Gasteiger partial charge in [-0.3, -0.25) is 0 Å². The second-order valence-electron chi connectivity index (χ2n) is 2.75. The van der Waals surface area contributed by atoms with E-state index in [1.54, 1.807) is 18.6 Å². The van der Waals surface area contributed by atoms with Crippen LogP contribution in [0.5, 0.6) is 11.5 Å². The molecule has 1 aliphatic heterocycles. The lowest BCUT2D eigenvalue weighted by Crippen LogP contribution is -1.89. The highest BCUT2D eigenvalue weighted by Crippen LogP contribution is 2.32. The molecule has 3 nitrogen and oxygen atoms in total. The van der Waals surface area contributed by atoms with Gasteiger partial charge in [0.1, 0.15) is 0 Å². The standard InChI is InChI=1S/C9H9O3/c10-8-3-1-2-6(9(8)11)4-7-5-12-7/h1-4,7,10-11H,5H2. The van der Waals surface area contributed by atoms with E-state index in [1.165, 1.54) is 6.07 Å². The van der Waals surface area contributed by atoms with Crippen molar-refractivity contribution in [1.82, 2.24) is 0 Å². The molecule has 0 bridgehead atoms. The van der Waals surface area contributed by atoms with Crippen molar-refractivity contribution in [1.29, 1.82) is 0 Å². The molecular weight excluding hydrogens is 156 g/mol. The van der Waals surface area contributed by atoms with Gasteiger partial charge in [-0.1, -0.05) is 12.1 Å². The third kappa shape index (κ3) is 1.36. The minimum Gasteiger partial charge on any atom is -0.504 e. The van der Waals surface area contributed by atoms with Gasteiger partial charge in [0, 0.05) is 12.0 Å². The zero-order chi connectivity index (χ0) is 8.55. The Kier molecular flexibility index (Phi) is 1.66. The summed E-state index contributed by atoms with van der Waals surface area (Å²) in [6, 6.07) is 4.86. The maximum absolute atomic E-state index is 9.34. The summed E-state index contributed by atoms with van der Waals surface area (Å²) in [6.45, 7) is 0.703. The van der Waals surface area contributed by atoms with Crippen LogP contribution in [0.2, 0.25) is 0 Å². The van der Waals surface area contributed by atoms with Gasteiger partial charge in [0.2, 0.25) is 0 Å². The molecular formula is C9H9O3. The number of phenols is 2. The van der Waals surface area contributed by atoms with Gasteiger partial charge in [-0.2, -0.15) is 0 Å². The molecule has 2 rings (SSSR count). The Morgan fingerprint density at radius 2 is 2.17 bits per heavy atom. The first-order valence-corrected chi connectivity index (χ1v) is 3.75. The molecule has 1 heterocycles. The van der Waals surface area contributed by atoms with Gasteiger partial charge in [0.05, 0.1) is 12.7 Å². The summed E-state index contributed by atoms with van der Waals surface area (Å²) in [5, 5.41) is 18.5. The van der Waals surface area contributed by atoms with Crippen molar-refractivity contribution < 1.29 is 14.9 Å². The van der Waals surface area contributed by atoms with Crippen LogP contribution in [-0.2, 0) is 4.74 Å². The molecule has 2 N–H and O–H groups in total. The highest BCUT2D eigenvalue weighted by Gasteiger charge is 2.24. The fourth-order valence-corrected chi connectivity index (χ4v) is 1.04. The number of phenolic OH excluding ortho intramolecular Hbond substituents is 2. The number of rotatable bonds is 2. The number of para-hydroxylation sites is 1. The molecule has 0 amide bonds. The van der Waals surface area contributed by atoms with E-state index in [1.807, 2.05) is 0 Å². The van der Waals surface area contributed by atoms with Crippen molar-refractivity contribution in [2.75, 3.05) is 6.61 Å². The predicted molar refractivity (Wildman–Crippen MR) is 42.9 cm³/mol. The minimum absolute atomic E-state index is 0.0759. The second-order valence-corrected chi connectivity index (χ2v) is 2.75. The van der Waals surface area contributed by atoms with Gasteiger partial charge in [0.15, 0.2) is 11.5 Å². The molecule has 1 saturated heterocycles. The van der Waals surface area contributed by atoms with Crippen molar-refractivity contribution in [3.63, 3.8) is 0 Å². The molecule has 0 saturated carbocycles. The van der Waals surface area contributed by atoms with Crippen LogP contribution in [0.3, 0.4) is 0 Å². The lowest BCUT2D eigenvalue weighted by Gasteiger charge is -2.02. The highest BCUT2D eigenvalue weighted by molar-refractivity contribution is 5.48. The maximum atomic E-state index is 9.34. The smallest absolute Gasteiger partial charge is 0.161 e. The first kappa shape index (κ1) is 7.43. The van der Waals surface area contributed by atoms with Crippen molar-refractivity contribution in [2.24, 2.45) is 0 Å². The fraction of sp³-hybridized carbons (Fsp3) is 0.222. The summed E-state index contributed by atoms with van der Waals surface area (Å²) in [5.41, 5.74) is 0.623. The number of ether oxygens (including phenoxy) is 1. The molecule has 0 aromatic heterocycles. The fourth-order valence-electron chi connectivity index (χ4n) is 1.04. The summed E-state index contributed by atoms with van der Waals surface area (Å²) < 4.78 is 4.96. The number of hydrogen-bond acceptors (Lipinski definition) is 3. The molecule has 12 heavy (non-hydrogen) atoms. The van der Waals surface area contributed by atoms with Crippen LogP contribution in [0.4, 0.5) is 0 Å². The van der Waals surface area contributed by atoms with E-state index < -0.39 is 0 Å². The van der Waals surface area contributed by atoms with Gasteiger partial charge in [-0.05, 0) is 6.07 Å². The van der Waals surface area contributed by atoms with Gasteiger partial charge in [0.25, 0.3) is 0 Å². The Bertz CT molecular complexity index is 292.